The van der Waals surface area contributed by atoms with Crippen molar-refractivity contribution in [3.63, 3.8) is 0 Å². The van der Waals surface area contributed by atoms with Gasteiger partial charge >= 0.3 is 12.1 Å². The minimum Gasteiger partial charge on any atom is -0.484 e. The molecule has 0 aliphatic carbocycles. The average Bonchev–Trinajstić information content (AvgIpc) is 2.36. The number of halogens is 3. The number of hydrogen-bond donors (Lipinski definition) is 1. The Morgan fingerprint density at radius 1 is 1.26 bits per heavy atom. The van der Waals surface area contributed by atoms with Gasteiger partial charge in [-0.15, -0.1) is 0 Å². The van der Waals surface area contributed by atoms with E-state index in [1.807, 2.05) is 0 Å². The second-order valence-electron chi connectivity index (χ2n) is 3.67. The molecule has 106 valence electrons. The van der Waals surface area contributed by atoms with Crippen molar-refractivity contribution in [2.45, 2.75) is 6.18 Å². The molecule has 4 nitrogen and oxygen atoms in total. The second kappa shape index (κ2) is 6.98. The van der Waals surface area contributed by atoms with Crippen LogP contribution in [-0.2, 0) is 4.74 Å². The largest absolute Gasteiger partial charge is 0.484 e. The molecule has 0 bridgehead atoms. The number of nitrogens with one attached hydrogen (secondary N) is 1. The van der Waals surface area contributed by atoms with Crippen LogP contribution in [0.1, 0.15) is 10.4 Å². The van der Waals surface area contributed by atoms with Gasteiger partial charge in [0.1, 0.15) is 12.4 Å². The SMILES string of the molecule is CNCCOC(=O)c1ccc(OCC(F)(F)F)cc1. The maximum absolute atomic E-state index is 11.9. The van der Waals surface area contributed by atoms with E-state index < -0.39 is 18.8 Å². The topological polar surface area (TPSA) is 47.6 Å². The van der Waals surface area contributed by atoms with Crippen molar-refractivity contribution in [2.75, 3.05) is 26.8 Å². The molecule has 0 fully saturated rings. The zero-order chi connectivity index (χ0) is 14.3. The molecular weight excluding hydrogens is 263 g/mol. The monoisotopic (exact) mass is 277 g/mol. The second-order valence-corrected chi connectivity index (χ2v) is 3.67. The third kappa shape index (κ3) is 6.10. The van der Waals surface area contributed by atoms with E-state index in [1.54, 1.807) is 7.05 Å². The molecule has 0 unspecified atom stereocenters. The van der Waals surface area contributed by atoms with Crippen molar-refractivity contribution in [3.05, 3.63) is 29.8 Å². The molecule has 0 heterocycles. The molecule has 0 aromatic heterocycles. The van der Waals surface area contributed by atoms with E-state index in [1.165, 1.54) is 24.3 Å². The Morgan fingerprint density at radius 2 is 1.89 bits per heavy atom. The normalized spacial score (nSPS) is 11.2. The lowest BCUT2D eigenvalue weighted by molar-refractivity contribution is -0.153. The first-order chi connectivity index (χ1) is 8.92. The summed E-state index contributed by atoms with van der Waals surface area (Å²) in [6, 6.07) is 5.29. The van der Waals surface area contributed by atoms with Crippen LogP contribution >= 0.6 is 0 Å². The summed E-state index contributed by atoms with van der Waals surface area (Å²) in [5.74, 6) is -0.485. The van der Waals surface area contributed by atoms with Gasteiger partial charge in [-0.1, -0.05) is 0 Å². The van der Waals surface area contributed by atoms with E-state index in [9.17, 15) is 18.0 Å². The molecule has 0 spiro atoms. The summed E-state index contributed by atoms with van der Waals surface area (Å²) in [4.78, 5) is 11.5. The summed E-state index contributed by atoms with van der Waals surface area (Å²) < 4.78 is 45.2. The molecule has 7 heteroatoms. The Kier molecular flexibility index (Phi) is 5.62. The summed E-state index contributed by atoms with van der Waals surface area (Å²) in [7, 11) is 1.72. The van der Waals surface area contributed by atoms with Gasteiger partial charge in [0.05, 0.1) is 5.56 Å². The molecule has 0 saturated heterocycles. The van der Waals surface area contributed by atoms with Crippen LogP contribution in [0.15, 0.2) is 24.3 Å². The first-order valence-corrected chi connectivity index (χ1v) is 5.54. The fourth-order valence-corrected chi connectivity index (χ4v) is 1.18. The van der Waals surface area contributed by atoms with Crippen LogP contribution in [0.3, 0.4) is 0 Å². The number of hydrogen-bond acceptors (Lipinski definition) is 4. The van der Waals surface area contributed by atoms with Crippen LogP contribution in [-0.4, -0.2) is 39.0 Å². The Balaban J connectivity index is 2.49. The number of ether oxygens (including phenoxy) is 2. The molecule has 1 aromatic carbocycles. The minimum absolute atomic E-state index is 0.0455. The highest BCUT2D eigenvalue weighted by atomic mass is 19.4. The molecule has 0 amide bonds. The van der Waals surface area contributed by atoms with E-state index in [0.29, 0.717) is 6.54 Å². The molecule has 0 atom stereocenters. The van der Waals surface area contributed by atoms with E-state index in [2.05, 4.69) is 10.1 Å². The van der Waals surface area contributed by atoms with Crippen LogP contribution in [0, 0.1) is 0 Å². The quantitative estimate of drug-likeness (QED) is 0.638. The smallest absolute Gasteiger partial charge is 0.422 e. The number of rotatable bonds is 6. The Hall–Kier alpha value is -1.76. The molecule has 0 aliphatic heterocycles. The third-order valence-corrected chi connectivity index (χ3v) is 2.08. The van der Waals surface area contributed by atoms with Gasteiger partial charge in [0.25, 0.3) is 0 Å². The van der Waals surface area contributed by atoms with Crippen LogP contribution in [0.4, 0.5) is 13.2 Å². The van der Waals surface area contributed by atoms with E-state index in [0.717, 1.165) is 0 Å². The summed E-state index contributed by atoms with van der Waals surface area (Å²) in [5.41, 5.74) is 0.260. The van der Waals surface area contributed by atoms with E-state index in [4.69, 9.17) is 4.74 Å². The maximum atomic E-state index is 11.9. The average molecular weight is 277 g/mol. The fourth-order valence-electron chi connectivity index (χ4n) is 1.18. The Labute approximate surface area is 108 Å². The lowest BCUT2D eigenvalue weighted by atomic mass is 10.2. The van der Waals surface area contributed by atoms with Crippen LogP contribution in [0.5, 0.6) is 5.75 Å². The summed E-state index contributed by atoms with van der Waals surface area (Å²) >= 11 is 0. The van der Waals surface area contributed by atoms with Gasteiger partial charge in [0.15, 0.2) is 6.61 Å². The van der Waals surface area contributed by atoms with Crippen LogP contribution in [0.25, 0.3) is 0 Å². The predicted molar refractivity (Wildman–Crippen MR) is 62.2 cm³/mol. The fraction of sp³-hybridized carbons (Fsp3) is 0.417. The predicted octanol–water partition coefficient (Wildman–Crippen LogP) is 2.00. The standard InChI is InChI=1S/C12H14F3NO3/c1-16-6-7-18-11(17)9-2-4-10(5-3-9)19-8-12(13,14)15/h2-5,16H,6-8H2,1H3. The molecule has 0 radical (unpaired) electrons. The first-order valence-electron chi connectivity index (χ1n) is 5.54. The minimum atomic E-state index is -4.38. The van der Waals surface area contributed by atoms with Gasteiger partial charge in [-0.2, -0.15) is 13.2 Å². The van der Waals surface area contributed by atoms with Gasteiger partial charge in [-0.05, 0) is 31.3 Å². The van der Waals surface area contributed by atoms with Gasteiger partial charge in [-0.3, -0.25) is 0 Å². The zero-order valence-electron chi connectivity index (χ0n) is 10.3. The van der Waals surface area contributed by atoms with Crippen molar-refractivity contribution in [1.82, 2.24) is 5.32 Å². The molecule has 1 aromatic rings. The van der Waals surface area contributed by atoms with Crippen molar-refractivity contribution in [2.24, 2.45) is 0 Å². The van der Waals surface area contributed by atoms with Crippen molar-refractivity contribution >= 4 is 5.97 Å². The van der Waals surface area contributed by atoms with Gasteiger partial charge in [0, 0.05) is 6.54 Å². The number of alkyl halides is 3. The van der Waals surface area contributed by atoms with Gasteiger partial charge in [0.2, 0.25) is 0 Å². The van der Waals surface area contributed by atoms with E-state index in [-0.39, 0.29) is 17.9 Å². The molecule has 1 rings (SSSR count). The van der Waals surface area contributed by atoms with Crippen molar-refractivity contribution in [1.29, 1.82) is 0 Å². The maximum Gasteiger partial charge on any atom is 0.422 e. The number of benzene rings is 1. The van der Waals surface area contributed by atoms with Crippen molar-refractivity contribution < 1.29 is 27.4 Å². The molecule has 0 saturated carbocycles. The highest BCUT2D eigenvalue weighted by Gasteiger charge is 2.28. The molecular formula is C12H14F3NO3. The Morgan fingerprint density at radius 3 is 2.42 bits per heavy atom. The first kappa shape index (κ1) is 15.3. The van der Waals surface area contributed by atoms with E-state index >= 15 is 0 Å². The molecule has 19 heavy (non-hydrogen) atoms. The number of carbonyl (C=O) groups excluding carboxylic acids is 1. The summed E-state index contributed by atoms with van der Waals surface area (Å²) in [5, 5.41) is 2.81. The lowest BCUT2D eigenvalue weighted by Gasteiger charge is -2.09. The molecule has 0 aliphatic rings. The third-order valence-electron chi connectivity index (χ3n) is 2.08. The van der Waals surface area contributed by atoms with Crippen LogP contribution in [0.2, 0.25) is 0 Å². The highest BCUT2D eigenvalue weighted by Crippen LogP contribution is 2.19. The lowest BCUT2D eigenvalue weighted by Crippen LogP contribution is -2.19. The number of likely N-dealkylation sites (N-methyl/N-ethyl adjacent to an activating group) is 1. The van der Waals surface area contributed by atoms with Crippen molar-refractivity contribution in [3.8, 4) is 5.75 Å². The van der Waals surface area contributed by atoms with Gasteiger partial charge < -0.3 is 14.8 Å². The van der Waals surface area contributed by atoms with Crippen LogP contribution < -0.4 is 10.1 Å². The zero-order valence-corrected chi connectivity index (χ0v) is 10.3. The summed E-state index contributed by atoms with van der Waals surface area (Å²) in [6.45, 7) is -0.612. The summed E-state index contributed by atoms with van der Waals surface area (Å²) in [6.07, 6.45) is -4.38. The highest BCUT2D eigenvalue weighted by molar-refractivity contribution is 5.89. The number of carbonyl (C=O) groups is 1. The number of esters is 1. The van der Waals surface area contributed by atoms with Gasteiger partial charge in [-0.25, -0.2) is 4.79 Å². The Bertz CT molecular complexity index is 404. The molecule has 1 N–H and O–H groups in total.